The van der Waals surface area contributed by atoms with Gasteiger partial charge in [-0.15, -0.1) is 0 Å². The first-order valence-electron chi connectivity index (χ1n) is 6.51. The Morgan fingerprint density at radius 2 is 1.50 bits per heavy atom. The Hall–Kier alpha value is -1.90. The van der Waals surface area contributed by atoms with Gasteiger partial charge in [0.05, 0.1) is 0 Å². The van der Waals surface area contributed by atoms with Crippen molar-refractivity contribution in [2.75, 3.05) is 11.4 Å². The van der Waals surface area contributed by atoms with E-state index in [9.17, 15) is 0 Å². The number of nitrogens with zero attached hydrogens (tertiary/aromatic N) is 3. The maximum absolute atomic E-state index is 4.42. The zero-order valence-corrected chi connectivity index (χ0v) is 10.8. The first-order valence-corrected chi connectivity index (χ1v) is 6.51. The summed E-state index contributed by atoms with van der Waals surface area (Å²) in [5, 5.41) is 0. The molecule has 2 heterocycles. The number of hydrogen-bond acceptors (Lipinski definition) is 3. The molecule has 0 aliphatic carbocycles. The van der Waals surface area contributed by atoms with Crippen molar-refractivity contribution in [1.29, 1.82) is 0 Å². The van der Waals surface area contributed by atoms with Gasteiger partial charge in [-0.3, -0.25) is 0 Å². The molecule has 0 N–H and O–H groups in total. The zero-order chi connectivity index (χ0) is 12.6. The van der Waals surface area contributed by atoms with Crippen molar-refractivity contribution < 1.29 is 0 Å². The fraction of sp³-hybridized carbons (Fsp3) is 0.333. The standard InChI is InChI=1S/C15H19N3/c1-2-3-8-13-18(14-9-4-6-11-16-14)15-10-5-7-12-17-15/h4-7,9-12H,2-3,8,13H2,1H3. The maximum atomic E-state index is 4.42. The van der Waals surface area contributed by atoms with Gasteiger partial charge in [0.25, 0.3) is 0 Å². The van der Waals surface area contributed by atoms with Crippen LogP contribution >= 0.6 is 0 Å². The van der Waals surface area contributed by atoms with Gasteiger partial charge in [-0.1, -0.05) is 31.9 Å². The third-order valence-corrected chi connectivity index (χ3v) is 2.84. The van der Waals surface area contributed by atoms with Gasteiger partial charge in [0.1, 0.15) is 11.6 Å². The third kappa shape index (κ3) is 3.29. The van der Waals surface area contributed by atoms with Crippen molar-refractivity contribution in [3.63, 3.8) is 0 Å². The highest BCUT2D eigenvalue weighted by Gasteiger charge is 2.10. The molecule has 0 aliphatic heterocycles. The van der Waals surface area contributed by atoms with E-state index in [-0.39, 0.29) is 0 Å². The molecule has 0 aliphatic rings. The zero-order valence-electron chi connectivity index (χ0n) is 10.8. The molecule has 0 atom stereocenters. The summed E-state index contributed by atoms with van der Waals surface area (Å²) < 4.78 is 0. The lowest BCUT2D eigenvalue weighted by Gasteiger charge is -2.22. The summed E-state index contributed by atoms with van der Waals surface area (Å²) in [6, 6.07) is 12.0. The van der Waals surface area contributed by atoms with Gasteiger partial charge in [-0.05, 0) is 30.7 Å². The molecular formula is C15H19N3. The van der Waals surface area contributed by atoms with Crippen molar-refractivity contribution in [2.24, 2.45) is 0 Å². The molecule has 3 heteroatoms. The SMILES string of the molecule is CCCCCN(c1ccccn1)c1ccccn1. The van der Waals surface area contributed by atoms with E-state index in [0.29, 0.717) is 0 Å². The molecule has 0 fully saturated rings. The minimum atomic E-state index is 0.960. The molecule has 2 aromatic rings. The summed E-state index contributed by atoms with van der Waals surface area (Å²) in [7, 11) is 0. The van der Waals surface area contributed by atoms with Crippen LogP contribution < -0.4 is 4.90 Å². The van der Waals surface area contributed by atoms with E-state index in [1.54, 1.807) is 0 Å². The van der Waals surface area contributed by atoms with Crippen LogP contribution in [-0.2, 0) is 0 Å². The lowest BCUT2D eigenvalue weighted by Crippen LogP contribution is -2.20. The molecule has 0 unspecified atom stereocenters. The van der Waals surface area contributed by atoms with Crippen molar-refractivity contribution in [3.8, 4) is 0 Å². The number of unbranched alkanes of at least 4 members (excludes halogenated alkanes) is 2. The second-order valence-electron chi connectivity index (χ2n) is 4.23. The van der Waals surface area contributed by atoms with Crippen LogP contribution in [0.3, 0.4) is 0 Å². The van der Waals surface area contributed by atoms with Crippen LogP contribution in [0.25, 0.3) is 0 Å². The molecule has 2 aromatic heterocycles. The van der Waals surface area contributed by atoms with Crippen molar-refractivity contribution in [3.05, 3.63) is 48.8 Å². The van der Waals surface area contributed by atoms with Gasteiger partial charge in [-0.2, -0.15) is 0 Å². The summed E-state index contributed by atoms with van der Waals surface area (Å²) in [5.74, 6) is 1.93. The number of rotatable bonds is 6. The Labute approximate surface area is 109 Å². The highest BCUT2D eigenvalue weighted by atomic mass is 15.2. The highest BCUT2D eigenvalue weighted by molar-refractivity contribution is 5.55. The molecule has 0 aromatic carbocycles. The molecule has 0 bridgehead atoms. The monoisotopic (exact) mass is 241 g/mol. The topological polar surface area (TPSA) is 29.0 Å². The summed E-state index contributed by atoms with van der Waals surface area (Å²) >= 11 is 0. The number of aromatic nitrogens is 2. The first kappa shape index (κ1) is 12.6. The number of anilines is 2. The normalized spacial score (nSPS) is 10.3. The van der Waals surface area contributed by atoms with Gasteiger partial charge < -0.3 is 4.90 Å². The Morgan fingerprint density at radius 1 is 0.889 bits per heavy atom. The van der Waals surface area contributed by atoms with Crippen molar-refractivity contribution in [2.45, 2.75) is 26.2 Å². The van der Waals surface area contributed by atoms with Crippen LogP contribution in [-0.4, -0.2) is 16.5 Å². The summed E-state index contributed by atoms with van der Waals surface area (Å²) in [5.41, 5.74) is 0. The molecule has 0 amide bonds. The van der Waals surface area contributed by atoms with Gasteiger partial charge in [-0.25, -0.2) is 9.97 Å². The van der Waals surface area contributed by atoms with Gasteiger partial charge in [0.2, 0.25) is 0 Å². The molecule has 0 saturated carbocycles. The minimum absolute atomic E-state index is 0.960. The highest BCUT2D eigenvalue weighted by Crippen LogP contribution is 2.21. The van der Waals surface area contributed by atoms with E-state index in [2.05, 4.69) is 21.8 Å². The average molecular weight is 241 g/mol. The predicted molar refractivity (Wildman–Crippen MR) is 75.0 cm³/mol. The molecular weight excluding hydrogens is 222 g/mol. The quantitative estimate of drug-likeness (QED) is 0.720. The fourth-order valence-electron chi connectivity index (χ4n) is 1.89. The lowest BCUT2D eigenvalue weighted by atomic mass is 10.2. The average Bonchev–Trinajstić information content (AvgIpc) is 2.46. The number of hydrogen-bond donors (Lipinski definition) is 0. The van der Waals surface area contributed by atoms with Crippen LogP contribution in [0.5, 0.6) is 0 Å². The van der Waals surface area contributed by atoms with Crippen LogP contribution in [0, 0.1) is 0 Å². The first-order chi connectivity index (χ1) is 8.92. The minimum Gasteiger partial charge on any atom is -0.311 e. The largest absolute Gasteiger partial charge is 0.311 e. The fourth-order valence-corrected chi connectivity index (χ4v) is 1.89. The van der Waals surface area contributed by atoms with Gasteiger partial charge in [0, 0.05) is 18.9 Å². The van der Waals surface area contributed by atoms with Gasteiger partial charge in [0.15, 0.2) is 0 Å². The smallest absolute Gasteiger partial charge is 0.134 e. The van der Waals surface area contributed by atoms with Crippen molar-refractivity contribution in [1.82, 2.24) is 9.97 Å². The molecule has 2 rings (SSSR count). The molecule has 0 spiro atoms. The molecule has 18 heavy (non-hydrogen) atoms. The summed E-state index contributed by atoms with van der Waals surface area (Å²) in [6.45, 7) is 3.17. The Kier molecular flexibility index (Phi) is 4.70. The Morgan fingerprint density at radius 3 is 1.94 bits per heavy atom. The van der Waals surface area contributed by atoms with Crippen LogP contribution in [0.4, 0.5) is 11.6 Å². The van der Waals surface area contributed by atoms with Crippen LogP contribution in [0.15, 0.2) is 48.8 Å². The van der Waals surface area contributed by atoms with E-state index < -0.39 is 0 Å². The Bertz CT molecular complexity index is 402. The van der Waals surface area contributed by atoms with Crippen LogP contribution in [0.1, 0.15) is 26.2 Å². The van der Waals surface area contributed by atoms with E-state index in [1.807, 2.05) is 48.8 Å². The lowest BCUT2D eigenvalue weighted by molar-refractivity contribution is 0.710. The summed E-state index contributed by atoms with van der Waals surface area (Å²) in [4.78, 5) is 11.0. The van der Waals surface area contributed by atoms with Gasteiger partial charge >= 0.3 is 0 Å². The number of pyridine rings is 2. The Balaban J connectivity index is 2.18. The van der Waals surface area contributed by atoms with Crippen molar-refractivity contribution >= 4 is 11.6 Å². The molecule has 3 nitrogen and oxygen atoms in total. The molecule has 0 saturated heterocycles. The van der Waals surface area contributed by atoms with E-state index in [0.717, 1.165) is 24.6 Å². The maximum Gasteiger partial charge on any atom is 0.134 e. The second kappa shape index (κ2) is 6.74. The molecule has 94 valence electrons. The van der Waals surface area contributed by atoms with E-state index >= 15 is 0 Å². The van der Waals surface area contributed by atoms with E-state index in [4.69, 9.17) is 0 Å². The summed E-state index contributed by atoms with van der Waals surface area (Å²) in [6.07, 6.45) is 7.26. The predicted octanol–water partition coefficient (Wildman–Crippen LogP) is 3.80. The van der Waals surface area contributed by atoms with E-state index in [1.165, 1.54) is 12.8 Å². The second-order valence-corrected chi connectivity index (χ2v) is 4.23. The van der Waals surface area contributed by atoms with Crippen LogP contribution in [0.2, 0.25) is 0 Å². The third-order valence-electron chi connectivity index (χ3n) is 2.84. The molecule has 0 radical (unpaired) electrons.